The van der Waals surface area contributed by atoms with Crippen LogP contribution in [0.4, 0.5) is 0 Å². The van der Waals surface area contributed by atoms with E-state index in [4.69, 9.17) is 4.84 Å². The summed E-state index contributed by atoms with van der Waals surface area (Å²) in [6.45, 7) is 7.24. The van der Waals surface area contributed by atoms with Crippen LogP contribution in [0.2, 0.25) is 0 Å². The zero-order chi connectivity index (χ0) is 14.8. The van der Waals surface area contributed by atoms with E-state index < -0.39 is 5.41 Å². The molecule has 0 saturated heterocycles. The third-order valence-electron chi connectivity index (χ3n) is 3.05. The molecule has 0 aliphatic heterocycles. The van der Waals surface area contributed by atoms with Gasteiger partial charge in [0.2, 0.25) is 0 Å². The van der Waals surface area contributed by atoms with Crippen LogP contribution < -0.4 is 0 Å². The van der Waals surface area contributed by atoms with Crippen molar-refractivity contribution in [3.8, 4) is 0 Å². The number of rotatable bonds is 2. The van der Waals surface area contributed by atoms with Gasteiger partial charge in [-0.1, -0.05) is 41.6 Å². The Labute approximate surface area is 119 Å². The van der Waals surface area contributed by atoms with Gasteiger partial charge in [0.05, 0.1) is 11.1 Å². The minimum absolute atomic E-state index is 0.336. The molecule has 0 bridgehead atoms. The fourth-order valence-electron chi connectivity index (χ4n) is 1.71. The second kappa shape index (κ2) is 5.45. The summed E-state index contributed by atoms with van der Waals surface area (Å²) < 4.78 is 0. The summed E-state index contributed by atoms with van der Waals surface area (Å²) >= 11 is 0. The van der Waals surface area contributed by atoms with Gasteiger partial charge in [-0.2, -0.15) is 0 Å². The molecule has 20 heavy (non-hydrogen) atoms. The van der Waals surface area contributed by atoms with Gasteiger partial charge >= 0.3 is 5.97 Å². The molecular weight excluding hydrogens is 250 g/mol. The van der Waals surface area contributed by atoms with E-state index in [1.54, 1.807) is 20.8 Å². The van der Waals surface area contributed by atoms with Crippen LogP contribution in [-0.2, 0) is 9.63 Å². The van der Waals surface area contributed by atoms with Crippen molar-refractivity contribution in [3.05, 3.63) is 48.0 Å². The zero-order valence-corrected chi connectivity index (χ0v) is 12.3. The first-order valence-corrected chi connectivity index (χ1v) is 6.63. The van der Waals surface area contributed by atoms with Crippen molar-refractivity contribution < 1.29 is 9.63 Å². The number of oxime groups is 1. The molecule has 3 nitrogen and oxygen atoms in total. The molecule has 0 amide bonds. The number of hydrogen-bond donors (Lipinski definition) is 0. The first-order chi connectivity index (χ1) is 9.38. The molecule has 0 saturated carbocycles. The molecule has 0 unspecified atom stereocenters. The molecule has 0 heterocycles. The highest BCUT2D eigenvalue weighted by Crippen LogP contribution is 2.18. The maximum absolute atomic E-state index is 11.7. The van der Waals surface area contributed by atoms with E-state index in [2.05, 4.69) is 11.2 Å². The lowest BCUT2D eigenvalue weighted by Gasteiger charge is -2.13. The standard InChI is InChI=1S/C17H19NO2/c1-12(18-20-16(19)17(2,3)4)14-10-9-13-7-5-6-8-15(13)11-14/h5-11H,1-4H3/b18-12+. The van der Waals surface area contributed by atoms with Crippen LogP contribution in [0.1, 0.15) is 33.3 Å². The van der Waals surface area contributed by atoms with Gasteiger partial charge in [0.1, 0.15) is 0 Å². The van der Waals surface area contributed by atoms with E-state index in [0.29, 0.717) is 5.71 Å². The van der Waals surface area contributed by atoms with E-state index in [0.717, 1.165) is 10.9 Å². The van der Waals surface area contributed by atoms with Crippen molar-refractivity contribution in [2.45, 2.75) is 27.7 Å². The smallest absolute Gasteiger partial charge is 0.317 e. The third kappa shape index (κ3) is 3.23. The Bertz CT molecular complexity index is 666. The van der Waals surface area contributed by atoms with Gasteiger partial charge < -0.3 is 4.84 Å². The fraction of sp³-hybridized carbons (Fsp3) is 0.294. The molecule has 0 N–H and O–H groups in total. The minimum Gasteiger partial charge on any atom is -0.317 e. The summed E-state index contributed by atoms with van der Waals surface area (Å²) in [6, 6.07) is 14.2. The topological polar surface area (TPSA) is 38.7 Å². The molecule has 2 aromatic rings. The molecule has 2 aromatic carbocycles. The fourth-order valence-corrected chi connectivity index (χ4v) is 1.71. The summed E-state index contributed by atoms with van der Waals surface area (Å²) in [7, 11) is 0. The molecule has 2 rings (SSSR count). The zero-order valence-electron chi connectivity index (χ0n) is 12.3. The third-order valence-corrected chi connectivity index (χ3v) is 3.05. The van der Waals surface area contributed by atoms with Gasteiger partial charge in [0.15, 0.2) is 0 Å². The van der Waals surface area contributed by atoms with Gasteiger partial charge in [-0.25, -0.2) is 4.79 Å². The van der Waals surface area contributed by atoms with Crippen LogP contribution in [0.15, 0.2) is 47.6 Å². The van der Waals surface area contributed by atoms with E-state index >= 15 is 0 Å². The second-order valence-electron chi connectivity index (χ2n) is 5.87. The van der Waals surface area contributed by atoms with Crippen LogP contribution in [0.5, 0.6) is 0 Å². The lowest BCUT2D eigenvalue weighted by Crippen LogP contribution is -2.21. The highest BCUT2D eigenvalue weighted by molar-refractivity contribution is 6.02. The summed E-state index contributed by atoms with van der Waals surface area (Å²) in [5.74, 6) is -0.336. The van der Waals surface area contributed by atoms with Gasteiger partial charge in [0, 0.05) is 0 Å². The molecule has 0 atom stereocenters. The van der Waals surface area contributed by atoms with Crippen LogP contribution >= 0.6 is 0 Å². The minimum atomic E-state index is -0.548. The molecule has 0 aromatic heterocycles. The highest BCUT2D eigenvalue weighted by Gasteiger charge is 2.23. The predicted molar refractivity (Wildman–Crippen MR) is 81.7 cm³/mol. The van der Waals surface area contributed by atoms with Crippen molar-refractivity contribution in [1.82, 2.24) is 0 Å². The molecule has 104 valence electrons. The van der Waals surface area contributed by atoms with Crippen molar-refractivity contribution >= 4 is 22.5 Å². The predicted octanol–water partition coefficient (Wildman–Crippen LogP) is 4.15. The first-order valence-electron chi connectivity index (χ1n) is 6.63. The van der Waals surface area contributed by atoms with Gasteiger partial charge in [0.25, 0.3) is 0 Å². The van der Waals surface area contributed by atoms with E-state index in [1.807, 2.05) is 43.3 Å². The Morgan fingerprint density at radius 1 is 1.05 bits per heavy atom. The van der Waals surface area contributed by atoms with Crippen LogP contribution in [0, 0.1) is 5.41 Å². The average molecular weight is 269 g/mol. The van der Waals surface area contributed by atoms with Crippen molar-refractivity contribution in [2.24, 2.45) is 10.6 Å². The Morgan fingerprint density at radius 3 is 2.35 bits per heavy atom. The SMILES string of the molecule is C/C(=N\OC(=O)C(C)(C)C)c1ccc2ccccc2c1. The number of hydrogen-bond acceptors (Lipinski definition) is 3. The number of fused-ring (bicyclic) bond motifs is 1. The molecule has 0 radical (unpaired) electrons. The van der Waals surface area contributed by atoms with E-state index in [-0.39, 0.29) is 5.97 Å². The van der Waals surface area contributed by atoms with Gasteiger partial charge in [-0.15, -0.1) is 0 Å². The average Bonchev–Trinajstić information content (AvgIpc) is 2.42. The largest absolute Gasteiger partial charge is 0.340 e. The molecule has 3 heteroatoms. The Balaban J connectivity index is 2.22. The molecule has 0 spiro atoms. The van der Waals surface area contributed by atoms with Crippen LogP contribution in [-0.4, -0.2) is 11.7 Å². The maximum atomic E-state index is 11.7. The Kier molecular flexibility index (Phi) is 3.89. The lowest BCUT2D eigenvalue weighted by atomic mass is 9.98. The molecular formula is C17H19NO2. The normalized spacial score (nSPS) is 12.5. The quantitative estimate of drug-likeness (QED) is 0.466. The van der Waals surface area contributed by atoms with Crippen LogP contribution in [0.3, 0.4) is 0 Å². The molecule has 0 aliphatic rings. The van der Waals surface area contributed by atoms with E-state index in [1.165, 1.54) is 5.39 Å². The molecule has 0 fully saturated rings. The summed E-state index contributed by atoms with van der Waals surface area (Å²) in [6.07, 6.45) is 0. The monoisotopic (exact) mass is 269 g/mol. The maximum Gasteiger partial charge on any atom is 0.340 e. The number of carbonyl (C=O) groups excluding carboxylic acids is 1. The summed E-state index contributed by atoms with van der Waals surface area (Å²) in [4.78, 5) is 16.7. The summed E-state index contributed by atoms with van der Waals surface area (Å²) in [5.41, 5.74) is 1.09. The van der Waals surface area contributed by atoms with E-state index in [9.17, 15) is 4.79 Å². The number of benzene rings is 2. The van der Waals surface area contributed by atoms with Crippen LogP contribution in [0.25, 0.3) is 10.8 Å². The van der Waals surface area contributed by atoms with Crippen molar-refractivity contribution in [2.75, 3.05) is 0 Å². The lowest BCUT2D eigenvalue weighted by molar-refractivity contribution is -0.152. The van der Waals surface area contributed by atoms with Gasteiger partial charge in [-0.3, -0.25) is 0 Å². The van der Waals surface area contributed by atoms with Crippen molar-refractivity contribution in [1.29, 1.82) is 0 Å². The molecule has 0 aliphatic carbocycles. The second-order valence-corrected chi connectivity index (χ2v) is 5.87. The summed E-state index contributed by atoms with van der Waals surface area (Å²) in [5, 5.41) is 6.25. The van der Waals surface area contributed by atoms with Gasteiger partial charge in [-0.05, 0) is 50.1 Å². The number of carbonyl (C=O) groups is 1. The van der Waals surface area contributed by atoms with Crippen molar-refractivity contribution in [3.63, 3.8) is 0 Å². The Morgan fingerprint density at radius 2 is 1.70 bits per heavy atom. The highest BCUT2D eigenvalue weighted by atomic mass is 16.7. The Hall–Kier alpha value is -2.16. The number of nitrogens with zero attached hydrogens (tertiary/aromatic N) is 1. The first kappa shape index (κ1) is 14.3.